The standard InChI is InChI=1S/C13H23F3N2O2/c1-10(2)8-18(6-7-20-3)11(19)12(13(14,15)16)4-5-17-9-12/h10,17H,4-9H2,1-3H3. The molecular formula is C13H23F3N2O2. The topological polar surface area (TPSA) is 41.6 Å². The van der Waals surface area contributed by atoms with Gasteiger partial charge in [0.25, 0.3) is 0 Å². The Labute approximate surface area is 117 Å². The van der Waals surface area contributed by atoms with Crippen molar-refractivity contribution in [3.63, 3.8) is 0 Å². The first-order valence-electron chi connectivity index (χ1n) is 6.80. The molecule has 0 saturated carbocycles. The average Bonchev–Trinajstić information content (AvgIpc) is 2.83. The van der Waals surface area contributed by atoms with Gasteiger partial charge >= 0.3 is 6.18 Å². The summed E-state index contributed by atoms with van der Waals surface area (Å²) in [4.78, 5) is 13.8. The van der Waals surface area contributed by atoms with Gasteiger partial charge in [-0.05, 0) is 18.9 Å². The van der Waals surface area contributed by atoms with Gasteiger partial charge in [-0.2, -0.15) is 13.2 Å². The van der Waals surface area contributed by atoms with E-state index < -0.39 is 17.5 Å². The van der Waals surface area contributed by atoms with Crippen molar-refractivity contribution in [1.29, 1.82) is 0 Å². The van der Waals surface area contributed by atoms with Gasteiger partial charge < -0.3 is 15.0 Å². The van der Waals surface area contributed by atoms with Crippen LogP contribution in [0, 0.1) is 11.3 Å². The summed E-state index contributed by atoms with van der Waals surface area (Å²) in [5, 5.41) is 2.67. The van der Waals surface area contributed by atoms with E-state index in [0.717, 1.165) is 0 Å². The molecule has 1 fully saturated rings. The Bertz CT molecular complexity index is 326. The minimum absolute atomic E-state index is 0.107. The van der Waals surface area contributed by atoms with Crippen LogP contribution in [0.3, 0.4) is 0 Å². The summed E-state index contributed by atoms with van der Waals surface area (Å²) in [5.41, 5.74) is -2.28. The lowest BCUT2D eigenvalue weighted by Crippen LogP contribution is -2.54. The molecule has 1 saturated heterocycles. The van der Waals surface area contributed by atoms with Gasteiger partial charge in [0.2, 0.25) is 5.91 Å². The molecular weight excluding hydrogens is 273 g/mol. The zero-order valence-electron chi connectivity index (χ0n) is 12.2. The number of nitrogens with one attached hydrogen (secondary N) is 1. The van der Waals surface area contributed by atoms with Gasteiger partial charge in [0.15, 0.2) is 5.41 Å². The smallest absolute Gasteiger partial charge is 0.383 e. The highest BCUT2D eigenvalue weighted by Gasteiger charge is 2.62. The Hall–Kier alpha value is -0.820. The van der Waals surface area contributed by atoms with Gasteiger partial charge in [0, 0.05) is 26.7 Å². The zero-order valence-corrected chi connectivity index (χ0v) is 12.2. The van der Waals surface area contributed by atoms with Crippen LogP contribution >= 0.6 is 0 Å². The number of amides is 1. The molecule has 1 aliphatic heterocycles. The Morgan fingerprint density at radius 1 is 1.45 bits per heavy atom. The van der Waals surface area contributed by atoms with Gasteiger partial charge in [-0.3, -0.25) is 4.79 Å². The lowest BCUT2D eigenvalue weighted by Gasteiger charge is -2.36. The van der Waals surface area contributed by atoms with Crippen LogP contribution in [0.5, 0.6) is 0 Å². The van der Waals surface area contributed by atoms with E-state index in [9.17, 15) is 18.0 Å². The molecule has 0 aromatic rings. The van der Waals surface area contributed by atoms with Crippen LogP contribution in [0.15, 0.2) is 0 Å². The van der Waals surface area contributed by atoms with E-state index in [2.05, 4.69) is 5.32 Å². The summed E-state index contributed by atoms with van der Waals surface area (Å²) in [6.45, 7) is 4.35. The number of ether oxygens (including phenoxy) is 1. The van der Waals surface area contributed by atoms with Gasteiger partial charge in [-0.25, -0.2) is 0 Å². The van der Waals surface area contributed by atoms with E-state index in [1.807, 2.05) is 13.8 Å². The largest absolute Gasteiger partial charge is 0.404 e. The number of methoxy groups -OCH3 is 1. The van der Waals surface area contributed by atoms with Crippen molar-refractivity contribution in [1.82, 2.24) is 10.2 Å². The fraction of sp³-hybridized carbons (Fsp3) is 0.923. The minimum Gasteiger partial charge on any atom is -0.383 e. The monoisotopic (exact) mass is 296 g/mol. The van der Waals surface area contributed by atoms with Crippen molar-refractivity contribution in [2.24, 2.45) is 11.3 Å². The highest BCUT2D eigenvalue weighted by Crippen LogP contribution is 2.44. The second kappa shape index (κ2) is 6.76. The van der Waals surface area contributed by atoms with Crippen molar-refractivity contribution >= 4 is 5.91 Å². The maximum Gasteiger partial charge on any atom is 0.404 e. The Morgan fingerprint density at radius 2 is 2.10 bits per heavy atom. The van der Waals surface area contributed by atoms with E-state index in [1.165, 1.54) is 12.0 Å². The van der Waals surface area contributed by atoms with Gasteiger partial charge in [0.1, 0.15) is 0 Å². The van der Waals surface area contributed by atoms with E-state index in [-0.39, 0.29) is 38.6 Å². The van der Waals surface area contributed by atoms with E-state index >= 15 is 0 Å². The highest BCUT2D eigenvalue weighted by molar-refractivity contribution is 5.84. The second-order valence-electron chi connectivity index (χ2n) is 5.64. The molecule has 0 aromatic heterocycles. The van der Waals surface area contributed by atoms with Crippen LogP contribution < -0.4 is 5.32 Å². The first kappa shape index (κ1) is 17.2. The summed E-state index contributed by atoms with van der Waals surface area (Å²) in [7, 11) is 1.47. The Morgan fingerprint density at radius 3 is 2.50 bits per heavy atom. The summed E-state index contributed by atoms with van der Waals surface area (Å²) < 4.78 is 45.0. The van der Waals surface area contributed by atoms with Crippen molar-refractivity contribution in [3.05, 3.63) is 0 Å². The van der Waals surface area contributed by atoms with Gasteiger partial charge in [0.05, 0.1) is 6.61 Å². The predicted molar refractivity (Wildman–Crippen MR) is 69.3 cm³/mol. The van der Waals surface area contributed by atoms with Crippen LogP contribution in [0.2, 0.25) is 0 Å². The fourth-order valence-corrected chi connectivity index (χ4v) is 2.46. The number of carbonyl (C=O) groups is 1. The molecule has 1 unspecified atom stereocenters. The van der Waals surface area contributed by atoms with E-state index in [0.29, 0.717) is 6.54 Å². The molecule has 1 rings (SSSR count). The van der Waals surface area contributed by atoms with Gasteiger partial charge in [-0.15, -0.1) is 0 Å². The number of carbonyl (C=O) groups excluding carboxylic acids is 1. The summed E-state index contributed by atoms with van der Waals surface area (Å²) >= 11 is 0. The third-order valence-corrected chi connectivity index (χ3v) is 3.55. The van der Waals surface area contributed by atoms with Crippen molar-refractivity contribution in [3.8, 4) is 0 Å². The van der Waals surface area contributed by atoms with Crippen LogP contribution in [-0.4, -0.2) is 56.9 Å². The van der Waals surface area contributed by atoms with Crippen LogP contribution in [0.4, 0.5) is 13.2 Å². The number of nitrogens with zero attached hydrogens (tertiary/aromatic N) is 1. The average molecular weight is 296 g/mol. The predicted octanol–water partition coefficient (Wildman–Crippen LogP) is 1.66. The fourth-order valence-electron chi connectivity index (χ4n) is 2.46. The second-order valence-corrected chi connectivity index (χ2v) is 5.64. The molecule has 118 valence electrons. The quantitative estimate of drug-likeness (QED) is 0.810. The van der Waals surface area contributed by atoms with Crippen LogP contribution in [-0.2, 0) is 9.53 Å². The van der Waals surface area contributed by atoms with Crippen molar-refractivity contribution < 1.29 is 22.7 Å². The molecule has 0 bridgehead atoms. The maximum atomic E-state index is 13.4. The molecule has 0 spiro atoms. The molecule has 1 amide bonds. The molecule has 1 atom stereocenters. The number of hydrogen-bond acceptors (Lipinski definition) is 3. The third-order valence-electron chi connectivity index (χ3n) is 3.55. The summed E-state index contributed by atoms with van der Waals surface area (Å²) in [6, 6.07) is 0. The van der Waals surface area contributed by atoms with Gasteiger partial charge in [-0.1, -0.05) is 13.8 Å². The normalized spacial score (nSPS) is 23.4. The molecule has 7 heteroatoms. The number of rotatable bonds is 6. The van der Waals surface area contributed by atoms with Crippen LogP contribution in [0.1, 0.15) is 20.3 Å². The Balaban J connectivity index is 2.95. The molecule has 4 nitrogen and oxygen atoms in total. The number of halogens is 3. The first-order valence-corrected chi connectivity index (χ1v) is 6.80. The molecule has 1 N–H and O–H groups in total. The minimum atomic E-state index is -4.53. The Kier molecular flexibility index (Phi) is 5.82. The van der Waals surface area contributed by atoms with E-state index in [1.54, 1.807) is 0 Å². The molecule has 0 radical (unpaired) electrons. The molecule has 1 heterocycles. The zero-order chi connectivity index (χ0) is 15.4. The molecule has 1 aliphatic rings. The summed E-state index contributed by atoms with van der Waals surface area (Å²) in [5.74, 6) is -0.726. The lowest BCUT2D eigenvalue weighted by molar-refractivity contribution is -0.222. The number of hydrogen-bond donors (Lipinski definition) is 1. The molecule has 0 aliphatic carbocycles. The van der Waals surface area contributed by atoms with Crippen molar-refractivity contribution in [2.45, 2.75) is 26.4 Å². The molecule has 0 aromatic carbocycles. The van der Waals surface area contributed by atoms with Crippen molar-refractivity contribution in [2.75, 3.05) is 39.9 Å². The first-order chi connectivity index (χ1) is 9.24. The SMILES string of the molecule is COCCN(CC(C)C)C(=O)C1(C(F)(F)F)CCNC1. The highest BCUT2D eigenvalue weighted by atomic mass is 19.4. The van der Waals surface area contributed by atoms with Crippen LogP contribution in [0.25, 0.3) is 0 Å². The molecule has 20 heavy (non-hydrogen) atoms. The van der Waals surface area contributed by atoms with E-state index in [4.69, 9.17) is 4.74 Å². The summed E-state index contributed by atoms with van der Waals surface area (Å²) in [6.07, 6.45) is -4.73. The third kappa shape index (κ3) is 3.63. The maximum absolute atomic E-state index is 13.4. The lowest BCUT2D eigenvalue weighted by atomic mass is 9.84. The number of alkyl halides is 3.